The Bertz CT molecular complexity index is 455. The summed E-state index contributed by atoms with van der Waals surface area (Å²) in [7, 11) is 0. The zero-order valence-electron chi connectivity index (χ0n) is 12.1. The number of carbonyl (C=O) groups excluding carboxylic acids is 2. The molecule has 19 heavy (non-hydrogen) atoms. The molecule has 4 heteroatoms. The first-order valence-electron chi connectivity index (χ1n) is 6.25. The number of hydrogen-bond donors (Lipinski definition) is 1. The van der Waals surface area contributed by atoms with E-state index in [-0.39, 0.29) is 0 Å². The van der Waals surface area contributed by atoms with E-state index in [0.717, 1.165) is 23.0 Å². The monoisotopic (exact) mass is 263 g/mol. The van der Waals surface area contributed by atoms with Gasteiger partial charge in [0.15, 0.2) is 0 Å². The maximum absolute atomic E-state index is 11.7. The number of alkyl carbamates (subject to hydrolysis) is 1. The van der Waals surface area contributed by atoms with Gasteiger partial charge in [-0.2, -0.15) is 0 Å². The largest absolute Gasteiger partial charge is 0.444 e. The quantitative estimate of drug-likeness (QED) is 0.853. The number of rotatable bonds is 3. The third-order valence-corrected chi connectivity index (χ3v) is 2.66. The summed E-state index contributed by atoms with van der Waals surface area (Å²) in [6.45, 7) is 9.16. The van der Waals surface area contributed by atoms with Crippen molar-refractivity contribution >= 4 is 12.4 Å². The first-order valence-corrected chi connectivity index (χ1v) is 6.25. The van der Waals surface area contributed by atoms with Crippen LogP contribution in [0.1, 0.15) is 43.5 Å². The highest BCUT2D eigenvalue weighted by molar-refractivity contribution is 5.75. The average Bonchev–Trinajstić information content (AvgIpc) is 2.24. The summed E-state index contributed by atoms with van der Waals surface area (Å²) in [5, 5.41) is 2.59. The molecule has 0 aliphatic heterocycles. The second kappa shape index (κ2) is 5.87. The smallest absolute Gasteiger partial charge is 0.408 e. The maximum Gasteiger partial charge on any atom is 0.408 e. The van der Waals surface area contributed by atoms with Gasteiger partial charge in [-0.05, 0) is 51.3 Å². The fraction of sp³-hybridized carbons (Fsp3) is 0.467. The molecule has 0 aliphatic rings. The molecule has 0 spiro atoms. The summed E-state index contributed by atoms with van der Waals surface area (Å²) < 4.78 is 5.16. The molecule has 1 amide bonds. The van der Waals surface area contributed by atoms with Gasteiger partial charge in [0.2, 0.25) is 0 Å². The lowest BCUT2D eigenvalue weighted by molar-refractivity contribution is -0.109. The van der Waals surface area contributed by atoms with Crippen molar-refractivity contribution in [2.45, 2.75) is 46.3 Å². The number of benzene rings is 1. The van der Waals surface area contributed by atoms with Crippen LogP contribution in [-0.4, -0.2) is 18.0 Å². The molecule has 0 bridgehead atoms. The van der Waals surface area contributed by atoms with Gasteiger partial charge >= 0.3 is 6.09 Å². The highest BCUT2D eigenvalue weighted by atomic mass is 16.6. The van der Waals surface area contributed by atoms with E-state index in [0.29, 0.717) is 0 Å². The van der Waals surface area contributed by atoms with Crippen molar-refractivity contribution in [3.63, 3.8) is 0 Å². The van der Waals surface area contributed by atoms with Gasteiger partial charge in [-0.1, -0.05) is 18.2 Å². The molecule has 0 aromatic heterocycles. The van der Waals surface area contributed by atoms with Crippen molar-refractivity contribution in [1.29, 1.82) is 0 Å². The van der Waals surface area contributed by atoms with Crippen LogP contribution in [0.4, 0.5) is 4.79 Å². The van der Waals surface area contributed by atoms with Crippen LogP contribution in [0.15, 0.2) is 18.2 Å². The Labute approximate surface area is 114 Å². The van der Waals surface area contributed by atoms with Crippen molar-refractivity contribution in [3.05, 3.63) is 34.9 Å². The summed E-state index contributed by atoms with van der Waals surface area (Å²) in [4.78, 5) is 23.0. The molecule has 0 heterocycles. The normalized spacial score (nSPS) is 12.7. The van der Waals surface area contributed by atoms with E-state index in [9.17, 15) is 9.59 Å². The fourth-order valence-electron chi connectivity index (χ4n) is 1.93. The summed E-state index contributed by atoms with van der Waals surface area (Å²) in [5.74, 6) is 0. The molecule has 4 nitrogen and oxygen atoms in total. The van der Waals surface area contributed by atoms with Crippen LogP contribution in [0.5, 0.6) is 0 Å². The highest BCUT2D eigenvalue weighted by Gasteiger charge is 2.22. The van der Waals surface area contributed by atoms with Crippen LogP contribution in [-0.2, 0) is 9.53 Å². The average molecular weight is 263 g/mol. The number of carbonyl (C=O) groups is 2. The standard InChI is InChI=1S/C15H21NO3/c1-10-7-6-8-11(2)13(10)12(9-17)16-14(18)19-15(3,4)5/h6-9,12H,1-5H3,(H,16,18). The molecule has 1 N–H and O–H groups in total. The van der Waals surface area contributed by atoms with Crippen molar-refractivity contribution in [1.82, 2.24) is 5.32 Å². The third-order valence-electron chi connectivity index (χ3n) is 2.66. The van der Waals surface area contributed by atoms with Crippen molar-refractivity contribution < 1.29 is 14.3 Å². The van der Waals surface area contributed by atoms with Crippen molar-refractivity contribution in [3.8, 4) is 0 Å². The SMILES string of the molecule is Cc1cccc(C)c1C(C=O)NC(=O)OC(C)(C)C. The predicted molar refractivity (Wildman–Crippen MR) is 74.1 cm³/mol. The van der Waals surface area contributed by atoms with Gasteiger partial charge in [0.25, 0.3) is 0 Å². The minimum Gasteiger partial charge on any atom is -0.444 e. The molecule has 0 aliphatic carbocycles. The zero-order valence-corrected chi connectivity index (χ0v) is 12.1. The van der Waals surface area contributed by atoms with Crippen molar-refractivity contribution in [2.75, 3.05) is 0 Å². The molecule has 0 saturated carbocycles. The first kappa shape index (κ1) is 15.2. The minimum atomic E-state index is -0.684. The Morgan fingerprint density at radius 3 is 2.21 bits per heavy atom. The Kier molecular flexibility index (Phi) is 4.70. The van der Waals surface area contributed by atoms with Crippen LogP contribution >= 0.6 is 0 Å². The van der Waals surface area contributed by atoms with Gasteiger partial charge in [0.05, 0.1) is 0 Å². The van der Waals surface area contributed by atoms with Crippen LogP contribution in [0.2, 0.25) is 0 Å². The van der Waals surface area contributed by atoms with E-state index < -0.39 is 17.7 Å². The molecule has 0 saturated heterocycles. The summed E-state index contributed by atoms with van der Waals surface area (Å²) in [6, 6.07) is 5.06. The zero-order chi connectivity index (χ0) is 14.6. The van der Waals surface area contributed by atoms with Gasteiger partial charge < -0.3 is 14.8 Å². The Hall–Kier alpha value is -1.84. The first-order chi connectivity index (χ1) is 8.74. The van der Waals surface area contributed by atoms with Gasteiger partial charge in [-0.25, -0.2) is 4.79 Å². The molecule has 104 valence electrons. The molecule has 1 atom stereocenters. The summed E-state index contributed by atoms with van der Waals surface area (Å²) in [5.41, 5.74) is 2.17. The van der Waals surface area contributed by atoms with E-state index in [1.807, 2.05) is 32.0 Å². The predicted octanol–water partition coefficient (Wildman–Crippen LogP) is 3.07. The maximum atomic E-state index is 11.7. The van der Waals surface area contributed by atoms with E-state index in [1.165, 1.54) is 0 Å². The number of nitrogens with one attached hydrogen (secondary N) is 1. The number of aryl methyl sites for hydroxylation is 2. The van der Waals surface area contributed by atoms with Crippen LogP contribution in [0, 0.1) is 13.8 Å². The molecule has 1 aromatic rings. The molecule has 1 rings (SSSR count). The Morgan fingerprint density at radius 1 is 1.26 bits per heavy atom. The molecule has 0 radical (unpaired) electrons. The number of hydrogen-bond acceptors (Lipinski definition) is 3. The van der Waals surface area contributed by atoms with E-state index >= 15 is 0 Å². The van der Waals surface area contributed by atoms with Gasteiger partial charge in [-0.3, -0.25) is 0 Å². The molecule has 1 unspecified atom stereocenters. The van der Waals surface area contributed by atoms with Crippen LogP contribution in [0.25, 0.3) is 0 Å². The van der Waals surface area contributed by atoms with E-state index in [1.54, 1.807) is 20.8 Å². The van der Waals surface area contributed by atoms with Crippen LogP contribution < -0.4 is 5.32 Å². The minimum absolute atomic E-state index is 0.585. The summed E-state index contributed by atoms with van der Waals surface area (Å²) >= 11 is 0. The van der Waals surface area contributed by atoms with Crippen LogP contribution in [0.3, 0.4) is 0 Å². The van der Waals surface area contributed by atoms with Gasteiger partial charge in [0, 0.05) is 0 Å². The topological polar surface area (TPSA) is 55.4 Å². The van der Waals surface area contributed by atoms with E-state index in [2.05, 4.69) is 5.32 Å². The lowest BCUT2D eigenvalue weighted by Gasteiger charge is -2.23. The lowest BCUT2D eigenvalue weighted by atomic mass is 9.97. The summed E-state index contributed by atoms with van der Waals surface area (Å²) in [6.07, 6.45) is 0.131. The number of ether oxygens (including phenoxy) is 1. The Balaban J connectivity index is 2.91. The van der Waals surface area contributed by atoms with Crippen molar-refractivity contribution in [2.24, 2.45) is 0 Å². The molecule has 1 aromatic carbocycles. The molecular weight excluding hydrogens is 242 g/mol. The van der Waals surface area contributed by atoms with Gasteiger partial charge in [-0.15, -0.1) is 0 Å². The second-order valence-corrected chi connectivity index (χ2v) is 5.57. The van der Waals surface area contributed by atoms with Gasteiger partial charge in [0.1, 0.15) is 17.9 Å². The number of amides is 1. The number of aldehydes is 1. The Morgan fingerprint density at radius 2 is 1.79 bits per heavy atom. The van der Waals surface area contributed by atoms with E-state index in [4.69, 9.17) is 4.74 Å². The fourth-order valence-corrected chi connectivity index (χ4v) is 1.93. The molecular formula is C15H21NO3. The third kappa shape index (κ3) is 4.39. The second-order valence-electron chi connectivity index (χ2n) is 5.57. The molecule has 0 fully saturated rings. The highest BCUT2D eigenvalue weighted by Crippen LogP contribution is 2.21. The lowest BCUT2D eigenvalue weighted by Crippen LogP contribution is -2.36.